The lowest BCUT2D eigenvalue weighted by molar-refractivity contribution is 0.0983. The van der Waals surface area contributed by atoms with Crippen LogP contribution in [-0.4, -0.2) is 31.7 Å². The highest BCUT2D eigenvalue weighted by molar-refractivity contribution is 7.92. The van der Waals surface area contributed by atoms with Crippen molar-refractivity contribution in [2.45, 2.75) is 30.5 Å². The minimum atomic E-state index is -3.42. The smallest absolute Gasteiger partial charge is 0.260 e. The summed E-state index contributed by atoms with van der Waals surface area (Å²) in [4.78, 5) is 19.8. The van der Waals surface area contributed by atoms with E-state index < -0.39 is 15.1 Å². The molecule has 7 nitrogen and oxygen atoms in total. The zero-order valence-corrected chi connectivity index (χ0v) is 19.4. The number of rotatable bonds is 7. The highest BCUT2D eigenvalue weighted by Gasteiger charge is 2.24. The third-order valence-electron chi connectivity index (χ3n) is 5.00. The Morgan fingerprint density at radius 2 is 1.91 bits per heavy atom. The topological polar surface area (TPSA) is 89.7 Å². The lowest BCUT2D eigenvalue weighted by Crippen LogP contribution is -2.30. The van der Waals surface area contributed by atoms with E-state index in [-0.39, 0.29) is 17.3 Å². The average molecular weight is 471 g/mol. The van der Waals surface area contributed by atoms with Crippen molar-refractivity contribution in [2.75, 3.05) is 12.0 Å². The fraction of sp³-hybridized carbons (Fsp3) is 0.217. The summed E-state index contributed by atoms with van der Waals surface area (Å²) in [5.41, 5.74) is 1.08. The van der Waals surface area contributed by atoms with Crippen LogP contribution in [-0.2, 0) is 16.4 Å². The molecule has 1 amide bonds. The van der Waals surface area contributed by atoms with Gasteiger partial charge in [0, 0.05) is 11.6 Å². The van der Waals surface area contributed by atoms with Crippen LogP contribution in [0.2, 0.25) is 0 Å². The summed E-state index contributed by atoms with van der Waals surface area (Å²) in [6, 6.07) is 15.1. The van der Waals surface area contributed by atoms with Crippen molar-refractivity contribution in [3.05, 3.63) is 72.2 Å². The third-order valence-corrected chi connectivity index (χ3v) is 8.23. The highest BCUT2D eigenvalue weighted by atomic mass is 32.2. The summed E-state index contributed by atoms with van der Waals surface area (Å²) in [6.07, 6.45) is 1.55. The maximum Gasteiger partial charge on any atom is 0.260 e. The fourth-order valence-corrected chi connectivity index (χ4v) is 5.14. The number of hydrogen-bond acceptors (Lipinski definition) is 7. The van der Waals surface area contributed by atoms with E-state index in [1.807, 2.05) is 18.2 Å². The predicted octanol–water partition coefficient (Wildman–Crippen LogP) is 4.93. The Hall–Kier alpha value is -3.17. The van der Waals surface area contributed by atoms with Gasteiger partial charge < -0.3 is 9.15 Å². The van der Waals surface area contributed by atoms with Crippen molar-refractivity contribution in [1.82, 2.24) is 4.98 Å². The normalized spacial score (nSPS) is 11.8. The molecular weight excluding hydrogens is 448 g/mol. The monoisotopic (exact) mass is 470 g/mol. The lowest BCUT2D eigenvalue weighted by Gasteiger charge is -2.19. The molecule has 0 spiro atoms. The van der Waals surface area contributed by atoms with Crippen molar-refractivity contribution in [3.63, 3.8) is 0 Å². The van der Waals surface area contributed by atoms with Gasteiger partial charge in [0.1, 0.15) is 11.5 Å². The van der Waals surface area contributed by atoms with Gasteiger partial charge in [0.05, 0.1) is 40.3 Å². The molecule has 0 radical (unpaired) electrons. The van der Waals surface area contributed by atoms with Crippen molar-refractivity contribution >= 4 is 42.4 Å². The number of fused-ring (bicyclic) bond motifs is 1. The number of hydrogen-bond donors (Lipinski definition) is 0. The summed E-state index contributed by atoms with van der Waals surface area (Å²) in [7, 11) is -1.83. The van der Waals surface area contributed by atoms with Crippen LogP contribution < -0.4 is 9.64 Å². The second-order valence-electron chi connectivity index (χ2n) is 7.42. The van der Waals surface area contributed by atoms with E-state index >= 15 is 0 Å². The first-order valence-electron chi connectivity index (χ1n) is 9.92. The molecule has 166 valence electrons. The van der Waals surface area contributed by atoms with E-state index in [2.05, 4.69) is 4.98 Å². The Kier molecular flexibility index (Phi) is 6.03. The van der Waals surface area contributed by atoms with Crippen molar-refractivity contribution < 1.29 is 22.4 Å². The van der Waals surface area contributed by atoms with Crippen LogP contribution in [0, 0.1) is 0 Å². The molecule has 2 heterocycles. The van der Waals surface area contributed by atoms with E-state index in [1.165, 1.54) is 40.5 Å². The summed E-state index contributed by atoms with van der Waals surface area (Å²) in [5, 5.41) is -0.0345. The zero-order chi connectivity index (χ0) is 22.9. The molecule has 9 heteroatoms. The van der Waals surface area contributed by atoms with Crippen LogP contribution in [0.4, 0.5) is 5.13 Å². The number of methoxy groups -OCH3 is 1. The van der Waals surface area contributed by atoms with Gasteiger partial charge in [-0.05, 0) is 62.4 Å². The molecule has 2 aromatic heterocycles. The number of carbonyl (C=O) groups excluding carboxylic acids is 1. The van der Waals surface area contributed by atoms with Crippen LogP contribution >= 0.6 is 11.3 Å². The molecule has 2 aromatic carbocycles. The van der Waals surface area contributed by atoms with Gasteiger partial charge in [-0.3, -0.25) is 9.69 Å². The van der Waals surface area contributed by atoms with E-state index in [0.717, 1.165) is 10.2 Å². The summed E-state index contributed by atoms with van der Waals surface area (Å²) in [6.45, 7) is 3.44. The van der Waals surface area contributed by atoms with Crippen molar-refractivity contribution in [3.8, 4) is 5.75 Å². The molecular formula is C23H22N2O5S2. The van der Waals surface area contributed by atoms with E-state index in [1.54, 1.807) is 39.4 Å². The molecule has 0 saturated carbocycles. The third kappa shape index (κ3) is 4.26. The Balaban J connectivity index is 1.71. The van der Waals surface area contributed by atoms with Crippen LogP contribution in [0.1, 0.15) is 30.0 Å². The first kappa shape index (κ1) is 22.0. The SMILES string of the molecule is COc1ccc2sc(N(Cc3ccco3)C(=O)c3ccc(S(=O)(=O)C(C)C)cc3)nc2c1. The number of aromatic nitrogens is 1. The van der Waals surface area contributed by atoms with Crippen molar-refractivity contribution in [1.29, 1.82) is 0 Å². The van der Waals surface area contributed by atoms with E-state index in [0.29, 0.717) is 22.2 Å². The van der Waals surface area contributed by atoms with Crippen LogP contribution in [0.15, 0.2) is 70.2 Å². The quantitative estimate of drug-likeness (QED) is 0.381. The van der Waals surface area contributed by atoms with E-state index in [9.17, 15) is 13.2 Å². The molecule has 32 heavy (non-hydrogen) atoms. The first-order valence-corrected chi connectivity index (χ1v) is 12.3. The van der Waals surface area contributed by atoms with Gasteiger partial charge in [-0.1, -0.05) is 11.3 Å². The predicted molar refractivity (Wildman–Crippen MR) is 124 cm³/mol. The van der Waals surface area contributed by atoms with E-state index in [4.69, 9.17) is 9.15 Å². The number of anilines is 1. The maximum absolute atomic E-state index is 13.4. The molecule has 0 aliphatic carbocycles. The first-order chi connectivity index (χ1) is 15.3. The Morgan fingerprint density at radius 3 is 2.53 bits per heavy atom. The summed E-state index contributed by atoms with van der Waals surface area (Å²) >= 11 is 1.38. The largest absolute Gasteiger partial charge is 0.497 e. The molecule has 0 bridgehead atoms. The zero-order valence-electron chi connectivity index (χ0n) is 17.8. The summed E-state index contributed by atoms with van der Waals surface area (Å²) in [5.74, 6) is 0.982. The van der Waals surface area contributed by atoms with Gasteiger partial charge in [-0.15, -0.1) is 0 Å². The van der Waals surface area contributed by atoms with Gasteiger partial charge in [-0.2, -0.15) is 0 Å². The number of sulfone groups is 1. The molecule has 4 aromatic rings. The molecule has 0 aliphatic heterocycles. The Labute approximate surface area is 190 Å². The highest BCUT2D eigenvalue weighted by Crippen LogP contribution is 2.33. The number of benzene rings is 2. The molecule has 0 fully saturated rings. The second-order valence-corrected chi connectivity index (χ2v) is 10.9. The van der Waals surface area contributed by atoms with Gasteiger partial charge >= 0.3 is 0 Å². The van der Waals surface area contributed by atoms with Crippen molar-refractivity contribution in [2.24, 2.45) is 0 Å². The number of amides is 1. The second kappa shape index (κ2) is 8.76. The Bertz CT molecular complexity index is 1340. The van der Waals surface area contributed by atoms with Gasteiger partial charge in [-0.25, -0.2) is 13.4 Å². The lowest BCUT2D eigenvalue weighted by atomic mass is 10.2. The number of furan rings is 1. The summed E-state index contributed by atoms with van der Waals surface area (Å²) < 4.78 is 36.4. The molecule has 0 N–H and O–H groups in total. The molecule has 0 saturated heterocycles. The number of carbonyl (C=O) groups is 1. The standard InChI is InChI=1S/C23H22N2O5S2/c1-15(2)32(27,28)19-9-6-16(7-10-19)22(26)25(14-18-5-4-12-30-18)23-24-20-13-17(29-3)8-11-21(20)31-23/h4-13,15H,14H2,1-3H3. The number of thiazole rings is 1. The maximum atomic E-state index is 13.4. The van der Waals surface area contributed by atoms with Gasteiger partial charge in [0.2, 0.25) is 0 Å². The number of nitrogens with zero attached hydrogens (tertiary/aromatic N) is 2. The van der Waals surface area contributed by atoms with Crippen LogP contribution in [0.5, 0.6) is 5.75 Å². The molecule has 0 unspecified atom stereocenters. The van der Waals surface area contributed by atoms with Crippen LogP contribution in [0.3, 0.4) is 0 Å². The van der Waals surface area contributed by atoms with Gasteiger partial charge in [0.15, 0.2) is 15.0 Å². The minimum absolute atomic E-state index is 0.189. The molecule has 0 aliphatic rings. The fourth-order valence-electron chi connectivity index (χ4n) is 3.14. The molecule has 0 atom stereocenters. The minimum Gasteiger partial charge on any atom is -0.497 e. The van der Waals surface area contributed by atoms with Gasteiger partial charge in [0.25, 0.3) is 5.91 Å². The Morgan fingerprint density at radius 1 is 1.16 bits per heavy atom. The molecule has 4 rings (SSSR count). The number of ether oxygens (including phenoxy) is 1. The average Bonchev–Trinajstić information content (AvgIpc) is 3.45. The van der Waals surface area contributed by atoms with Crippen LogP contribution in [0.25, 0.3) is 10.2 Å².